The highest BCUT2D eigenvalue weighted by Gasteiger charge is 2.47. The number of hydrogen-bond acceptors (Lipinski definition) is 5. The van der Waals surface area contributed by atoms with Crippen LogP contribution in [0, 0.1) is 0 Å². The number of anilines is 3. The van der Waals surface area contributed by atoms with E-state index in [0.29, 0.717) is 10.7 Å². The quantitative estimate of drug-likeness (QED) is 0.493. The molecular weight excluding hydrogens is 439 g/mol. The number of carbonyl (C=O) groups excluding carboxylic acids is 1. The summed E-state index contributed by atoms with van der Waals surface area (Å²) in [7, 11) is 0. The van der Waals surface area contributed by atoms with Gasteiger partial charge in [0.2, 0.25) is 0 Å². The van der Waals surface area contributed by atoms with Crippen molar-refractivity contribution in [3.05, 3.63) is 58.1 Å². The second-order valence-corrected chi connectivity index (χ2v) is 9.27. The van der Waals surface area contributed by atoms with Gasteiger partial charge in [-0.05, 0) is 36.8 Å². The summed E-state index contributed by atoms with van der Waals surface area (Å²) in [6.45, 7) is 0. The van der Waals surface area contributed by atoms with Crippen molar-refractivity contribution in [2.45, 2.75) is 50.4 Å². The van der Waals surface area contributed by atoms with Crippen LogP contribution in [0.15, 0.2) is 36.5 Å². The molecule has 0 spiro atoms. The molecule has 0 saturated heterocycles. The van der Waals surface area contributed by atoms with Gasteiger partial charge in [0, 0.05) is 11.3 Å². The number of aryl methyl sites for hydroxylation is 1. The van der Waals surface area contributed by atoms with Crippen LogP contribution in [0.2, 0.25) is 0 Å². The van der Waals surface area contributed by atoms with Crippen LogP contribution in [-0.2, 0) is 12.8 Å². The van der Waals surface area contributed by atoms with E-state index < -0.39 is 24.2 Å². The van der Waals surface area contributed by atoms with Crippen LogP contribution in [0.5, 0.6) is 0 Å². The lowest BCUT2D eigenvalue weighted by Gasteiger charge is -2.34. The number of nitrogens with one attached hydrogen (secondary N) is 2. The normalized spacial score (nSPS) is 20.2. The lowest BCUT2D eigenvalue weighted by Crippen LogP contribution is -2.36. The van der Waals surface area contributed by atoms with Gasteiger partial charge in [-0.1, -0.05) is 30.3 Å². The topological polar surface area (TPSA) is 85.0 Å². The first kappa shape index (κ1) is 20.9. The van der Waals surface area contributed by atoms with Gasteiger partial charge >= 0.3 is 6.18 Å². The summed E-state index contributed by atoms with van der Waals surface area (Å²) in [6.07, 6.45) is 0.423. The summed E-state index contributed by atoms with van der Waals surface area (Å²) in [4.78, 5) is 14.2. The molecule has 0 bridgehead atoms. The molecule has 1 amide bonds. The molecule has 3 aromatic rings. The Morgan fingerprint density at radius 1 is 1.22 bits per heavy atom. The van der Waals surface area contributed by atoms with Crippen LogP contribution in [0.1, 0.15) is 57.7 Å². The molecule has 2 atom stereocenters. The molecule has 5 rings (SSSR count). The Labute approximate surface area is 186 Å². The number of aromatic nitrogens is 2. The lowest BCUT2D eigenvalue weighted by molar-refractivity contribution is -0.173. The van der Waals surface area contributed by atoms with Crippen LogP contribution in [0.25, 0.3) is 0 Å². The zero-order chi connectivity index (χ0) is 22.5. The summed E-state index contributed by atoms with van der Waals surface area (Å²) < 4.78 is 42.4. The van der Waals surface area contributed by atoms with E-state index in [1.54, 1.807) is 24.3 Å². The van der Waals surface area contributed by atoms with Crippen LogP contribution >= 0.6 is 11.3 Å². The zero-order valence-corrected chi connectivity index (χ0v) is 17.9. The van der Waals surface area contributed by atoms with Gasteiger partial charge in [-0.3, -0.25) is 4.79 Å². The van der Waals surface area contributed by atoms with Crippen LogP contribution in [0.3, 0.4) is 0 Å². The highest BCUT2D eigenvalue weighted by molar-refractivity contribution is 7.17. The molecule has 0 radical (unpaired) electrons. The van der Waals surface area contributed by atoms with Crippen molar-refractivity contribution in [2.24, 2.45) is 0 Å². The fraction of sp³-hybridized carbons (Fsp3) is 0.364. The summed E-state index contributed by atoms with van der Waals surface area (Å²) in [5.74, 6) is -0.469. The van der Waals surface area contributed by atoms with Gasteiger partial charge in [-0.15, -0.1) is 11.3 Å². The summed E-state index contributed by atoms with van der Waals surface area (Å²) in [6, 6.07) is 6.48. The molecule has 0 fully saturated rings. The largest absolute Gasteiger partial charge is 0.410 e. The van der Waals surface area contributed by atoms with Crippen LogP contribution in [-0.4, -0.2) is 21.9 Å². The number of alkyl halides is 3. The lowest BCUT2D eigenvalue weighted by atomic mass is 9.96. The number of rotatable bonds is 3. The van der Waals surface area contributed by atoms with E-state index in [1.165, 1.54) is 22.4 Å². The van der Waals surface area contributed by atoms with Gasteiger partial charge < -0.3 is 16.4 Å². The molecule has 0 saturated carbocycles. The van der Waals surface area contributed by atoms with E-state index in [4.69, 9.17) is 5.73 Å². The molecule has 10 heteroatoms. The number of amides is 1. The third-order valence-corrected chi connectivity index (χ3v) is 7.35. The Balaban J connectivity index is 1.47. The third kappa shape index (κ3) is 3.62. The number of benzene rings is 1. The molecule has 4 N–H and O–H groups in total. The van der Waals surface area contributed by atoms with Crippen molar-refractivity contribution in [2.75, 3.05) is 16.4 Å². The molecule has 2 unspecified atom stereocenters. The number of nitrogens with zero attached hydrogens (tertiary/aromatic N) is 2. The molecular formula is C22H22F3N5OS. The first-order chi connectivity index (χ1) is 15.3. The van der Waals surface area contributed by atoms with E-state index in [9.17, 15) is 18.0 Å². The van der Waals surface area contributed by atoms with Crippen LogP contribution in [0.4, 0.5) is 29.7 Å². The predicted molar refractivity (Wildman–Crippen MR) is 118 cm³/mol. The molecule has 2 aromatic heterocycles. The first-order valence-electron chi connectivity index (χ1n) is 10.5. The summed E-state index contributed by atoms with van der Waals surface area (Å²) >= 11 is 1.44. The Bertz CT molecular complexity index is 1150. The van der Waals surface area contributed by atoms with Crippen molar-refractivity contribution < 1.29 is 18.0 Å². The zero-order valence-electron chi connectivity index (χ0n) is 17.1. The number of thiophene rings is 1. The molecule has 1 aliphatic heterocycles. The molecule has 3 heterocycles. The number of nitrogen functional groups attached to an aromatic ring is 1. The van der Waals surface area contributed by atoms with Gasteiger partial charge in [0.1, 0.15) is 16.4 Å². The minimum atomic E-state index is -4.50. The number of hydrogen-bond donors (Lipinski definition) is 3. The maximum absolute atomic E-state index is 13.8. The Hall–Kier alpha value is -3.01. The van der Waals surface area contributed by atoms with Gasteiger partial charge in [0.15, 0.2) is 6.04 Å². The predicted octanol–water partition coefficient (Wildman–Crippen LogP) is 5.32. The monoisotopic (exact) mass is 461 g/mol. The SMILES string of the molecule is Nc1c(NC(=O)c2cnn3c2NC(c2ccccc2)CC3C(F)(F)F)sc2c1CCCC2. The number of fused-ring (bicyclic) bond motifs is 2. The Morgan fingerprint density at radius 3 is 2.69 bits per heavy atom. The highest BCUT2D eigenvalue weighted by Crippen LogP contribution is 2.45. The van der Waals surface area contributed by atoms with E-state index in [1.807, 2.05) is 6.07 Å². The summed E-state index contributed by atoms with van der Waals surface area (Å²) in [5.41, 5.74) is 8.66. The van der Waals surface area contributed by atoms with Crippen molar-refractivity contribution >= 4 is 33.8 Å². The third-order valence-electron chi connectivity index (χ3n) is 6.12. The molecule has 6 nitrogen and oxygen atoms in total. The van der Waals surface area contributed by atoms with Gasteiger partial charge in [0.25, 0.3) is 5.91 Å². The number of halogens is 3. The van der Waals surface area contributed by atoms with E-state index >= 15 is 0 Å². The maximum Gasteiger partial charge on any atom is 0.410 e. The van der Waals surface area contributed by atoms with Gasteiger partial charge in [-0.25, -0.2) is 4.68 Å². The van der Waals surface area contributed by atoms with Crippen molar-refractivity contribution in [1.29, 1.82) is 0 Å². The highest BCUT2D eigenvalue weighted by atomic mass is 32.1. The van der Waals surface area contributed by atoms with Crippen molar-refractivity contribution in [3.63, 3.8) is 0 Å². The minimum Gasteiger partial charge on any atom is -0.396 e. The first-order valence-corrected chi connectivity index (χ1v) is 11.3. The molecule has 2 aliphatic rings. The second-order valence-electron chi connectivity index (χ2n) is 8.16. The average Bonchev–Trinajstić information content (AvgIpc) is 3.34. The molecule has 32 heavy (non-hydrogen) atoms. The Kier molecular flexibility index (Phi) is 5.11. The number of nitrogens with two attached hydrogens (primary N) is 1. The fourth-order valence-corrected chi connectivity index (χ4v) is 5.69. The molecule has 1 aliphatic carbocycles. The van der Waals surface area contributed by atoms with Crippen molar-refractivity contribution in [3.8, 4) is 0 Å². The molecule has 168 valence electrons. The summed E-state index contributed by atoms with van der Waals surface area (Å²) in [5, 5.41) is 10.4. The molecule has 1 aromatic carbocycles. The van der Waals surface area contributed by atoms with Gasteiger partial charge in [-0.2, -0.15) is 18.3 Å². The average molecular weight is 462 g/mol. The smallest absolute Gasteiger partial charge is 0.396 e. The van der Waals surface area contributed by atoms with Crippen molar-refractivity contribution in [1.82, 2.24) is 9.78 Å². The van der Waals surface area contributed by atoms with Gasteiger partial charge in [0.05, 0.1) is 17.9 Å². The fourth-order valence-electron chi connectivity index (χ4n) is 4.49. The number of carbonyl (C=O) groups is 1. The minimum absolute atomic E-state index is 0.0600. The van der Waals surface area contributed by atoms with E-state index in [0.717, 1.165) is 41.5 Å². The second kappa shape index (κ2) is 7.84. The van der Waals surface area contributed by atoms with E-state index in [-0.39, 0.29) is 17.8 Å². The standard InChI is InChI=1S/C22H22F3N5OS/c23-22(24,25)17-10-15(12-6-2-1-3-7-12)28-19-14(11-27-30(17)19)20(31)29-21-18(26)13-8-4-5-9-16(13)32-21/h1-3,6-7,11,15,17,28H,4-5,8-10,26H2,(H,29,31). The maximum atomic E-state index is 13.8. The Morgan fingerprint density at radius 2 is 1.97 bits per heavy atom. The van der Waals surface area contributed by atoms with E-state index in [2.05, 4.69) is 15.7 Å². The van der Waals surface area contributed by atoms with Crippen LogP contribution < -0.4 is 16.4 Å².